The molecule has 0 aliphatic carbocycles. The van der Waals surface area contributed by atoms with Crippen molar-refractivity contribution in [2.45, 2.75) is 6.16 Å². The lowest BCUT2D eigenvalue weighted by molar-refractivity contribution is -0.00000587. The normalized spacial score (nSPS) is 11.0. The lowest BCUT2D eigenvalue weighted by Gasteiger charge is -2.28. The predicted molar refractivity (Wildman–Crippen MR) is 123 cm³/mol. The Morgan fingerprint density at radius 2 is 1.03 bits per heavy atom. The molecule has 29 heavy (non-hydrogen) atoms. The van der Waals surface area contributed by atoms with Crippen molar-refractivity contribution in [1.29, 1.82) is 0 Å². The standard InChI is InChI=1S/C25H20BrFP.BrH/c26-21-17-16-20(25(27)18-21)19-28(22-10-4-1-5-11-22,23-12-6-2-7-13-23)24-14-8-3-9-15-24;/h1-18H,19H2;1H/q+1;/p-1. The Kier molecular flexibility index (Phi) is 7.40. The van der Waals surface area contributed by atoms with Crippen molar-refractivity contribution < 1.29 is 21.4 Å². The van der Waals surface area contributed by atoms with Crippen LogP contribution in [0, 0.1) is 5.82 Å². The molecule has 4 aromatic rings. The van der Waals surface area contributed by atoms with E-state index in [1.165, 1.54) is 15.9 Å². The average molecular weight is 530 g/mol. The highest BCUT2D eigenvalue weighted by Crippen LogP contribution is 2.58. The van der Waals surface area contributed by atoms with E-state index in [0.29, 0.717) is 6.16 Å². The second-order valence-corrected chi connectivity index (χ2v) is 11.1. The largest absolute Gasteiger partial charge is 1.00 e. The molecule has 0 N–H and O–H groups in total. The molecular weight excluding hydrogens is 510 g/mol. The van der Waals surface area contributed by atoms with Gasteiger partial charge >= 0.3 is 0 Å². The number of hydrogen-bond acceptors (Lipinski definition) is 0. The maximum atomic E-state index is 14.9. The molecule has 0 fully saturated rings. The van der Waals surface area contributed by atoms with Crippen LogP contribution in [-0.4, -0.2) is 0 Å². The molecule has 4 rings (SSSR count). The van der Waals surface area contributed by atoms with Crippen LogP contribution >= 0.6 is 23.2 Å². The molecule has 0 nitrogen and oxygen atoms in total. The Morgan fingerprint density at radius 3 is 1.41 bits per heavy atom. The summed E-state index contributed by atoms with van der Waals surface area (Å²) >= 11 is 3.38. The van der Waals surface area contributed by atoms with Crippen LogP contribution in [0.4, 0.5) is 4.39 Å². The van der Waals surface area contributed by atoms with Crippen molar-refractivity contribution >= 4 is 39.1 Å². The molecule has 4 aromatic carbocycles. The van der Waals surface area contributed by atoms with E-state index in [1.807, 2.05) is 30.3 Å². The van der Waals surface area contributed by atoms with Crippen LogP contribution in [0.1, 0.15) is 5.56 Å². The van der Waals surface area contributed by atoms with Gasteiger partial charge in [-0.25, -0.2) is 4.39 Å². The zero-order chi connectivity index (χ0) is 19.4. The molecule has 0 aliphatic heterocycles. The summed E-state index contributed by atoms with van der Waals surface area (Å²) in [5, 5.41) is 3.78. The first-order chi connectivity index (χ1) is 13.7. The van der Waals surface area contributed by atoms with Gasteiger partial charge in [0.15, 0.2) is 0 Å². The fraction of sp³-hybridized carbons (Fsp3) is 0.0400. The molecule has 0 saturated carbocycles. The zero-order valence-corrected chi connectivity index (χ0v) is 19.7. The van der Waals surface area contributed by atoms with Crippen molar-refractivity contribution in [3.63, 3.8) is 0 Å². The summed E-state index contributed by atoms with van der Waals surface area (Å²) in [5.74, 6) is -0.165. The Morgan fingerprint density at radius 1 is 0.621 bits per heavy atom. The number of hydrogen-bond donors (Lipinski definition) is 0. The van der Waals surface area contributed by atoms with E-state index in [1.54, 1.807) is 6.07 Å². The lowest BCUT2D eigenvalue weighted by atomic mass is 10.2. The third-order valence-electron chi connectivity index (χ3n) is 5.01. The van der Waals surface area contributed by atoms with Crippen LogP contribution in [0.15, 0.2) is 114 Å². The summed E-state index contributed by atoms with van der Waals surface area (Å²) < 4.78 is 15.7. The van der Waals surface area contributed by atoms with Gasteiger partial charge in [-0.2, -0.15) is 0 Å². The topological polar surface area (TPSA) is 0 Å². The molecule has 0 bridgehead atoms. The second-order valence-electron chi connectivity index (χ2n) is 6.71. The molecule has 0 amide bonds. The highest BCUT2D eigenvalue weighted by molar-refractivity contribution is 9.10. The minimum atomic E-state index is -2.07. The van der Waals surface area contributed by atoms with Crippen LogP contribution in [0.3, 0.4) is 0 Å². The molecule has 146 valence electrons. The van der Waals surface area contributed by atoms with Gasteiger partial charge in [0.05, 0.1) is 0 Å². The highest BCUT2D eigenvalue weighted by atomic mass is 79.9. The quantitative estimate of drug-likeness (QED) is 0.349. The Hall–Kier alpha value is -1.80. The van der Waals surface area contributed by atoms with E-state index in [9.17, 15) is 4.39 Å². The number of benzene rings is 4. The van der Waals surface area contributed by atoms with Gasteiger partial charge in [0.2, 0.25) is 0 Å². The van der Waals surface area contributed by atoms with Crippen molar-refractivity contribution in [2.24, 2.45) is 0 Å². The first-order valence-corrected chi connectivity index (χ1v) is 12.0. The van der Waals surface area contributed by atoms with E-state index < -0.39 is 7.26 Å². The van der Waals surface area contributed by atoms with Gasteiger partial charge in [0.25, 0.3) is 0 Å². The lowest BCUT2D eigenvalue weighted by Crippen LogP contribution is -3.00. The highest BCUT2D eigenvalue weighted by Gasteiger charge is 2.45. The molecule has 0 atom stereocenters. The number of rotatable bonds is 5. The third kappa shape index (κ3) is 4.53. The fourth-order valence-electron chi connectivity index (χ4n) is 3.67. The Balaban J connectivity index is 0.00000240. The maximum Gasteiger partial charge on any atom is 0.131 e. The molecule has 0 aliphatic rings. The first-order valence-electron chi connectivity index (χ1n) is 9.19. The van der Waals surface area contributed by atoms with Gasteiger partial charge in [-0.1, -0.05) is 76.6 Å². The van der Waals surface area contributed by atoms with E-state index in [4.69, 9.17) is 0 Å². The van der Waals surface area contributed by atoms with E-state index >= 15 is 0 Å². The minimum Gasteiger partial charge on any atom is -1.00 e. The van der Waals surface area contributed by atoms with Crippen molar-refractivity contribution in [1.82, 2.24) is 0 Å². The average Bonchev–Trinajstić information content (AvgIpc) is 2.75. The van der Waals surface area contributed by atoms with Crippen LogP contribution in [0.2, 0.25) is 0 Å². The molecule has 0 spiro atoms. The molecule has 0 saturated heterocycles. The maximum absolute atomic E-state index is 14.9. The van der Waals surface area contributed by atoms with Gasteiger partial charge in [-0.3, -0.25) is 0 Å². The van der Waals surface area contributed by atoms with Gasteiger partial charge in [0.1, 0.15) is 35.2 Å². The van der Waals surface area contributed by atoms with Crippen LogP contribution in [0.5, 0.6) is 0 Å². The third-order valence-corrected chi connectivity index (χ3v) is 9.86. The summed E-state index contributed by atoms with van der Waals surface area (Å²) in [7, 11) is -2.07. The van der Waals surface area contributed by atoms with E-state index in [-0.39, 0.29) is 22.8 Å². The summed E-state index contributed by atoms with van der Waals surface area (Å²) in [6, 6.07) is 37.1. The zero-order valence-electron chi connectivity index (χ0n) is 15.7. The van der Waals surface area contributed by atoms with Gasteiger partial charge in [-0.15, -0.1) is 0 Å². The number of halogens is 3. The fourth-order valence-corrected chi connectivity index (χ4v) is 8.26. The van der Waals surface area contributed by atoms with Gasteiger partial charge in [-0.05, 0) is 48.5 Å². The molecule has 0 aromatic heterocycles. The van der Waals surface area contributed by atoms with Crippen LogP contribution in [-0.2, 0) is 6.16 Å². The molecule has 0 unspecified atom stereocenters. The van der Waals surface area contributed by atoms with Crippen LogP contribution < -0.4 is 32.9 Å². The van der Waals surface area contributed by atoms with Crippen molar-refractivity contribution in [2.75, 3.05) is 0 Å². The molecule has 0 heterocycles. The van der Waals surface area contributed by atoms with Gasteiger partial charge < -0.3 is 17.0 Å². The van der Waals surface area contributed by atoms with Crippen molar-refractivity contribution in [3.8, 4) is 0 Å². The van der Waals surface area contributed by atoms with Crippen molar-refractivity contribution in [3.05, 3.63) is 125 Å². The minimum absolute atomic E-state index is 0. The molecule has 0 radical (unpaired) electrons. The summed E-state index contributed by atoms with van der Waals surface area (Å²) in [5.41, 5.74) is 0.744. The summed E-state index contributed by atoms with van der Waals surface area (Å²) in [6.07, 6.45) is 0.643. The summed E-state index contributed by atoms with van der Waals surface area (Å²) in [6.45, 7) is 0. The van der Waals surface area contributed by atoms with E-state index in [2.05, 4.69) is 88.7 Å². The smallest absolute Gasteiger partial charge is 0.131 e. The summed E-state index contributed by atoms with van der Waals surface area (Å²) in [4.78, 5) is 0. The Labute approximate surface area is 191 Å². The second kappa shape index (κ2) is 9.80. The first kappa shape index (κ1) is 21.9. The predicted octanol–water partition coefficient (Wildman–Crippen LogP) is 3.09. The van der Waals surface area contributed by atoms with Crippen LogP contribution in [0.25, 0.3) is 0 Å². The Bertz CT molecular complexity index is 957. The SMILES string of the molecule is Fc1cc(Br)ccc1C[P+](c1ccccc1)(c1ccccc1)c1ccccc1.[Br-]. The van der Waals surface area contributed by atoms with E-state index in [0.717, 1.165) is 10.0 Å². The van der Waals surface area contributed by atoms with Gasteiger partial charge in [0, 0.05) is 10.0 Å². The monoisotopic (exact) mass is 528 g/mol. The molecular formula is C25H20Br2FP. The molecule has 4 heteroatoms.